The summed E-state index contributed by atoms with van der Waals surface area (Å²) in [4.78, 5) is 17.0. The topological polar surface area (TPSA) is 66.6 Å². The van der Waals surface area contributed by atoms with E-state index < -0.39 is 5.60 Å². The molecule has 1 saturated carbocycles. The maximum Gasteiger partial charge on any atom is 0.272 e. The van der Waals surface area contributed by atoms with Crippen molar-refractivity contribution in [2.75, 3.05) is 18.6 Å². The lowest BCUT2D eigenvalue weighted by Gasteiger charge is -2.22. The van der Waals surface area contributed by atoms with Gasteiger partial charge < -0.3 is 14.8 Å². The van der Waals surface area contributed by atoms with Gasteiger partial charge in [0.15, 0.2) is 5.69 Å². The SMILES string of the molecule is CSCC(C)(O)CNC(=O)c1nc(C2CC2)n2ccccc12. The van der Waals surface area contributed by atoms with Crippen LogP contribution in [0.1, 0.15) is 42.0 Å². The van der Waals surface area contributed by atoms with Gasteiger partial charge in [-0.1, -0.05) is 6.07 Å². The molecule has 6 heteroatoms. The minimum Gasteiger partial charge on any atom is -0.387 e. The van der Waals surface area contributed by atoms with E-state index in [9.17, 15) is 9.90 Å². The third kappa shape index (κ3) is 3.13. The van der Waals surface area contributed by atoms with Crippen molar-refractivity contribution in [2.24, 2.45) is 0 Å². The summed E-state index contributed by atoms with van der Waals surface area (Å²) < 4.78 is 2.01. The Bertz CT molecular complexity index is 692. The normalized spacial score (nSPS) is 17.4. The zero-order valence-electron chi connectivity index (χ0n) is 12.9. The minimum absolute atomic E-state index is 0.220. The van der Waals surface area contributed by atoms with Crippen molar-refractivity contribution >= 4 is 23.2 Å². The van der Waals surface area contributed by atoms with Crippen molar-refractivity contribution in [3.8, 4) is 0 Å². The molecular weight excluding hydrogens is 298 g/mol. The fourth-order valence-corrected chi connectivity index (χ4v) is 3.30. The summed E-state index contributed by atoms with van der Waals surface area (Å²) in [5.74, 6) is 1.79. The number of aliphatic hydroxyl groups is 1. The lowest BCUT2D eigenvalue weighted by atomic mass is 10.1. The number of carbonyl (C=O) groups excluding carboxylic acids is 1. The van der Waals surface area contributed by atoms with Crippen LogP contribution >= 0.6 is 11.8 Å². The first-order chi connectivity index (χ1) is 10.5. The Morgan fingerprint density at radius 3 is 3.00 bits per heavy atom. The van der Waals surface area contributed by atoms with E-state index in [2.05, 4.69) is 10.3 Å². The molecule has 1 aliphatic rings. The molecule has 0 bridgehead atoms. The molecule has 1 atom stereocenters. The van der Waals surface area contributed by atoms with E-state index in [-0.39, 0.29) is 12.5 Å². The predicted molar refractivity (Wildman–Crippen MR) is 88.5 cm³/mol. The summed E-state index contributed by atoms with van der Waals surface area (Å²) in [7, 11) is 0. The Kier molecular flexibility index (Phi) is 4.14. The summed E-state index contributed by atoms with van der Waals surface area (Å²) in [5.41, 5.74) is 0.359. The van der Waals surface area contributed by atoms with E-state index in [0.29, 0.717) is 17.4 Å². The Balaban J connectivity index is 1.82. The molecule has 3 rings (SSSR count). The van der Waals surface area contributed by atoms with Crippen molar-refractivity contribution in [3.05, 3.63) is 35.9 Å². The lowest BCUT2D eigenvalue weighted by molar-refractivity contribution is 0.0723. The number of hydrogen-bond donors (Lipinski definition) is 2. The van der Waals surface area contributed by atoms with Crippen LogP contribution in [0.25, 0.3) is 5.52 Å². The molecule has 22 heavy (non-hydrogen) atoms. The number of carbonyl (C=O) groups is 1. The molecule has 1 fully saturated rings. The molecule has 5 nitrogen and oxygen atoms in total. The van der Waals surface area contributed by atoms with E-state index >= 15 is 0 Å². The van der Waals surface area contributed by atoms with E-state index in [4.69, 9.17) is 0 Å². The maximum absolute atomic E-state index is 12.5. The number of nitrogens with one attached hydrogen (secondary N) is 1. The average Bonchev–Trinajstić information content (AvgIpc) is 3.26. The second-order valence-corrected chi connectivity index (χ2v) is 7.03. The van der Waals surface area contributed by atoms with Crippen molar-refractivity contribution < 1.29 is 9.90 Å². The summed E-state index contributed by atoms with van der Waals surface area (Å²) in [6, 6.07) is 5.77. The first-order valence-electron chi connectivity index (χ1n) is 7.48. The molecule has 2 heterocycles. The number of imidazole rings is 1. The summed E-state index contributed by atoms with van der Waals surface area (Å²) in [5, 5.41) is 13.0. The molecule has 0 spiro atoms. The second-order valence-electron chi connectivity index (χ2n) is 6.16. The molecular formula is C16H21N3O2S. The fourth-order valence-electron chi connectivity index (χ4n) is 2.57. The number of amides is 1. The highest BCUT2D eigenvalue weighted by Gasteiger charge is 2.30. The minimum atomic E-state index is -0.913. The number of thioether (sulfide) groups is 1. The van der Waals surface area contributed by atoms with Crippen LogP contribution in [0.5, 0.6) is 0 Å². The van der Waals surface area contributed by atoms with E-state index in [0.717, 1.165) is 24.2 Å². The van der Waals surface area contributed by atoms with Crippen molar-refractivity contribution in [2.45, 2.75) is 31.3 Å². The first-order valence-corrected chi connectivity index (χ1v) is 8.88. The molecule has 0 aliphatic heterocycles. The van der Waals surface area contributed by atoms with Crippen LogP contribution in [-0.2, 0) is 0 Å². The monoisotopic (exact) mass is 319 g/mol. The molecule has 0 radical (unpaired) electrons. The first kappa shape index (κ1) is 15.4. The standard InChI is InChI=1S/C16H21N3O2S/c1-16(21,10-22-2)9-17-15(20)13-12-5-3-4-8-19(12)14(18-13)11-6-7-11/h3-5,8,11,21H,6-7,9-10H2,1-2H3,(H,17,20). The summed E-state index contributed by atoms with van der Waals surface area (Å²) in [6.45, 7) is 1.95. The highest BCUT2D eigenvalue weighted by Crippen LogP contribution is 2.39. The van der Waals surface area contributed by atoms with Gasteiger partial charge in [0.05, 0.1) is 11.1 Å². The van der Waals surface area contributed by atoms with Crippen LogP contribution in [0.2, 0.25) is 0 Å². The van der Waals surface area contributed by atoms with Gasteiger partial charge in [-0.2, -0.15) is 11.8 Å². The van der Waals surface area contributed by atoms with Crippen LogP contribution in [0.15, 0.2) is 24.4 Å². The van der Waals surface area contributed by atoms with E-state index in [1.165, 1.54) is 0 Å². The average molecular weight is 319 g/mol. The number of pyridine rings is 1. The van der Waals surface area contributed by atoms with Gasteiger partial charge in [-0.25, -0.2) is 4.98 Å². The van der Waals surface area contributed by atoms with Crippen LogP contribution in [-0.4, -0.2) is 44.6 Å². The van der Waals surface area contributed by atoms with Crippen LogP contribution < -0.4 is 5.32 Å². The second kappa shape index (κ2) is 5.93. The number of fused-ring (bicyclic) bond motifs is 1. The Morgan fingerprint density at radius 2 is 2.32 bits per heavy atom. The Morgan fingerprint density at radius 1 is 1.55 bits per heavy atom. The third-order valence-electron chi connectivity index (χ3n) is 3.82. The van der Waals surface area contributed by atoms with Gasteiger partial charge in [0.2, 0.25) is 0 Å². The lowest BCUT2D eigenvalue weighted by Crippen LogP contribution is -2.42. The van der Waals surface area contributed by atoms with Gasteiger partial charge in [-0.3, -0.25) is 4.79 Å². The molecule has 2 aromatic rings. The van der Waals surface area contributed by atoms with Gasteiger partial charge in [-0.15, -0.1) is 0 Å². The van der Waals surface area contributed by atoms with Crippen molar-refractivity contribution in [1.82, 2.24) is 14.7 Å². The predicted octanol–water partition coefficient (Wildman–Crippen LogP) is 2.06. The van der Waals surface area contributed by atoms with Gasteiger partial charge in [0.1, 0.15) is 5.82 Å². The largest absolute Gasteiger partial charge is 0.387 e. The zero-order valence-corrected chi connectivity index (χ0v) is 13.7. The highest BCUT2D eigenvalue weighted by atomic mass is 32.2. The maximum atomic E-state index is 12.5. The smallest absolute Gasteiger partial charge is 0.272 e. The van der Waals surface area contributed by atoms with Crippen LogP contribution in [0.3, 0.4) is 0 Å². The molecule has 1 amide bonds. The molecule has 0 aromatic carbocycles. The van der Waals surface area contributed by atoms with Gasteiger partial charge in [0.25, 0.3) is 5.91 Å². The molecule has 1 unspecified atom stereocenters. The summed E-state index contributed by atoms with van der Waals surface area (Å²) >= 11 is 1.55. The Hall–Kier alpha value is -1.53. The number of rotatable bonds is 6. The molecule has 2 N–H and O–H groups in total. The van der Waals surface area contributed by atoms with Gasteiger partial charge in [0, 0.05) is 24.4 Å². The number of hydrogen-bond acceptors (Lipinski definition) is 4. The Labute approximate surface area is 134 Å². The van der Waals surface area contributed by atoms with Crippen LogP contribution in [0, 0.1) is 0 Å². The quantitative estimate of drug-likeness (QED) is 0.855. The summed E-state index contributed by atoms with van der Waals surface area (Å²) in [6.07, 6.45) is 6.16. The van der Waals surface area contributed by atoms with E-state index in [1.54, 1.807) is 18.7 Å². The van der Waals surface area contributed by atoms with Crippen molar-refractivity contribution in [3.63, 3.8) is 0 Å². The highest BCUT2D eigenvalue weighted by molar-refractivity contribution is 7.98. The van der Waals surface area contributed by atoms with E-state index in [1.807, 2.05) is 35.1 Å². The molecule has 1 aliphatic carbocycles. The number of nitrogens with zero attached hydrogens (tertiary/aromatic N) is 2. The zero-order chi connectivity index (χ0) is 15.7. The van der Waals surface area contributed by atoms with Gasteiger partial charge in [-0.05, 0) is 38.2 Å². The third-order valence-corrected chi connectivity index (χ3v) is 4.73. The fraction of sp³-hybridized carbons (Fsp3) is 0.500. The van der Waals surface area contributed by atoms with Crippen molar-refractivity contribution in [1.29, 1.82) is 0 Å². The van der Waals surface area contributed by atoms with Crippen LogP contribution in [0.4, 0.5) is 0 Å². The number of aromatic nitrogens is 2. The molecule has 0 saturated heterocycles. The van der Waals surface area contributed by atoms with Gasteiger partial charge >= 0.3 is 0 Å². The molecule has 2 aromatic heterocycles. The molecule has 118 valence electrons.